The summed E-state index contributed by atoms with van der Waals surface area (Å²) in [5, 5.41) is 0. The third-order valence-corrected chi connectivity index (χ3v) is 6.76. The van der Waals surface area contributed by atoms with E-state index in [1.807, 2.05) is 6.92 Å². The minimum absolute atomic E-state index is 0.366. The maximum absolute atomic E-state index is 12.4. The molecule has 1 spiro atoms. The molecule has 17 heavy (non-hydrogen) atoms. The Kier molecular flexibility index (Phi) is 2.56. The molecule has 0 amide bonds. The van der Waals surface area contributed by atoms with Crippen LogP contribution in [-0.4, -0.2) is 49.6 Å². The Morgan fingerprint density at radius 1 is 1.12 bits per heavy atom. The van der Waals surface area contributed by atoms with Crippen LogP contribution in [0.3, 0.4) is 0 Å². The molecule has 0 aromatic heterocycles. The molecule has 3 rings (SSSR count). The van der Waals surface area contributed by atoms with Crippen LogP contribution >= 0.6 is 0 Å². The zero-order chi connectivity index (χ0) is 12.1. The van der Waals surface area contributed by atoms with Gasteiger partial charge in [0.15, 0.2) is 5.79 Å². The summed E-state index contributed by atoms with van der Waals surface area (Å²) in [6, 6.07) is 0. The van der Waals surface area contributed by atoms with E-state index in [2.05, 4.69) is 0 Å². The van der Waals surface area contributed by atoms with E-state index < -0.39 is 20.6 Å². The molecule has 6 heteroatoms. The zero-order valence-corrected chi connectivity index (χ0v) is 11.0. The maximum atomic E-state index is 12.4. The van der Waals surface area contributed by atoms with Crippen LogP contribution in [-0.2, 0) is 19.5 Å². The van der Waals surface area contributed by atoms with Gasteiger partial charge in [0.25, 0.3) is 0 Å². The largest absolute Gasteiger partial charge is 0.346 e. The summed E-state index contributed by atoms with van der Waals surface area (Å²) >= 11 is 0. The molecular weight excluding hydrogens is 242 g/mol. The second-order valence-corrected chi connectivity index (χ2v) is 7.95. The van der Waals surface area contributed by atoms with Crippen molar-refractivity contribution < 1.29 is 17.9 Å². The zero-order valence-electron chi connectivity index (χ0n) is 10.1. The highest BCUT2D eigenvalue weighted by Gasteiger charge is 2.55. The Bertz CT molecular complexity index is 409. The van der Waals surface area contributed by atoms with Gasteiger partial charge in [0.1, 0.15) is 0 Å². The van der Waals surface area contributed by atoms with Gasteiger partial charge in [-0.05, 0) is 26.2 Å². The molecule has 1 saturated carbocycles. The molecule has 0 aromatic rings. The Labute approximate surface area is 102 Å². The lowest BCUT2D eigenvalue weighted by atomic mass is 10.1. The number of hydrogen-bond donors (Lipinski definition) is 0. The summed E-state index contributed by atoms with van der Waals surface area (Å²) in [7, 11) is -3.18. The standard InChI is InChI=1S/C11H19NO4S/c1-10(4-5-10)17(13,14)12-6-2-3-11(9-12)15-7-8-16-11/h2-9H2,1H3. The Morgan fingerprint density at radius 3 is 2.35 bits per heavy atom. The van der Waals surface area contributed by atoms with Gasteiger partial charge in [0.2, 0.25) is 10.0 Å². The number of nitrogens with zero attached hydrogens (tertiary/aromatic N) is 1. The van der Waals surface area contributed by atoms with Crippen molar-refractivity contribution in [3.63, 3.8) is 0 Å². The van der Waals surface area contributed by atoms with E-state index in [1.54, 1.807) is 4.31 Å². The highest BCUT2D eigenvalue weighted by Crippen LogP contribution is 2.46. The van der Waals surface area contributed by atoms with Gasteiger partial charge in [-0.2, -0.15) is 4.31 Å². The monoisotopic (exact) mass is 261 g/mol. The minimum atomic E-state index is -3.18. The van der Waals surface area contributed by atoms with Gasteiger partial charge in [0.05, 0.1) is 24.5 Å². The van der Waals surface area contributed by atoms with E-state index in [0.717, 1.165) is 25.7 Å². The van der Waals surface area contributed by atoms with Crippen molar-refractivity contribution in [3.05, 3.63) is 0 Å². The van der Waals surface area contributed by atoms with E-state index in [4.69, 9.17) is 9.47 Å². The van der Waals surface area contributed by atoms with Crippen molar-refractivity contribution >= 4 is 10.0 Å². The lowest BCUT2D eigenvalue weighted by Gasteiger charge is -2.38. The molecule has 0 radical (unpaired) electrons. The average molecular weight is 261 g/mol. The normalized spacial score (nSPS) is 31.8. The molecule has 1 aliphatic carbocycles. The van der Waals surface area contributed by atoms with Gasteiger partial charge in [-0.25, -0.2) is 8.42 Å². The molecule has 98 valence electrons. The summed E-state index contributed by atoms with van der Waals surface area (Å²) in [6.07, 6.45) is 3.17. The predicted octanol–water partition coefficient (Wildman–Crippen LogP) is 0.708. The first kappa shape index (κ1) is 11.9. The average Bonchev–Trinajstić information content (AvgIpc) is 2.91. The molecule has 0 bridgehead atoms. The van der Waals surface area contributed by atoms with E-state index in [9.17, 15) is 8.42 Å². The lowest BCUT2D eigenvalue weighted by Crippen LogP contribution is -2.53. The van der Waals surface area contributed by atoms with Crippen LogP contribution in [0.4, 0.5) is 0 Å². The molecule has 3 aliphatic rings. The molecule has 5 nitrogen and oxygen atoms in total. The second kappa shape index (κ2) is 3.66. The van der Waals surface area contributed by atoms with Gasteiger partial charge in [-0.1, -0.05) is 0 Å². The first-order valence-corrected chi connectivity index (χ1v) is 7.69. The van der Waals surface area contributed by atoms with Gasteiger partial charge in [-0.15, -0.1) is 0 Å². The molecular formula is C11H19NO4S. The fourth-order valence-corrected chi connectivity index (χ4v) is 4.61. The number of sulfonamides is 1. The summed E-state index contributed by atoms with van der Waals surface area (Å²) in [5.41, 5.74) is 0. The molecule has 0 N–H and O–H groups in total. The number of ether oxygens (including phenoxy) is 2. The number of hydrogen-bond acceptors (Lipinski definition) is 4. The van der Waals surface area contributed by atoms with Crippen molar-refractivity contribution in [2.45, 2.75) is 43.1 Å². The van der Waals surface area contributed by atoms with E-state index in [1.165, 1.54) is 0 Å². The number of piperidine rings is 1. The summed E-state index contributed by atoms with van der Waals surface area (Å²) < 4.78 is 37.1. The van der Waals surface area contributed by atoms with Crippen LogP contribution in [0.5, 0.6) is 0 Å². The first-order valence-electron chi connectivity index (χ1n) is 6.25. The molecule has 2 aliphatic heterocycles. The Balaban J connectivity index is 1.80. The van der Waals surface area contributed by atoms with Gasteiger partial charge in [0, 0.05) is 13.0 Å². The van der Waals surface area contributed by atoms with Crippen LogP contribution in [0.25, 0.3) is 0 Å². The maximum Gasteiger partial charge on any atom is 0.219 e. The quantitative estimate of drug-likeness (QED) is 0.734. The predicted molar refractivity (Wildman–Crippen MR) is 62.0 cm³/mol. The number of rotatable bonds is 2. The van der Waals surface area contributed by atoms with E-state index in [-0.39, 0.29) is 0 Å². The van der Waals surface area contributed by atoms with Crippen molar-refractivity contribution in [3.8, 4) is 0 Å². The molecule has 0 aromatic carbocycles. The highest BCUT2D eigenvalue weighted by molar-refractivity contribution is 7.90. The van der Waals surface area contributed by atoms with Gasteiger partial charge >= 0.3 is 0 Å². The van der Waals surface area contributed by atoms with Crippen LogP contribution < -0.4 is 0 Å². The minimum Gasteiger partial charge on any atom is -0.346 e. The Morgan fingerprint density at radius 2 is 1.76 bits per heavy atom. The fraction of sp³-hybridized carbons (Fsp3) is 1.00. The molecule has 3 fully saturated rings. The van der Waals surface area contributed by atoms with Gasteiger partial charge < -0.3 is 9.47 Å². The van der Waals surface area contributed by atoms with E-state index >= 15 is 0 Å². The highest BCUT2D eigenvalue weighted by atomic mass is 32.2. The smallest absolute Gasteiger partial charge is 0.219 e. The molecule has 0 unspecified atom stereocenters. The summed E-state index contributed by atoms with van der Waals surface area (Å²) in [5.74, 6) is -0.656. The third kappa shape index (κ3) is 1.82. The Hall–Kier alpha value is -0.170. The lowest BCUT2D eigenvalue weighted by molar-refractivity contribution is -0.179. The molecule has 2 saturated heterocycles. The second-order valence-electron chi connectivity index (χ2n) is 5.50. The topological polar surface area (TPSA) is 55.8 Å². The van der Waals surface area contributed by atoms with Crippen LogP contribution in [0.2, 0.25) is 0 Å². The van der Waals surface area contributed by atoms with E-state index in [0.29, 0.717) is 26.3 Å². The van der Waals surface area contributed by atoms with Crippen LogP contribution in [0, 0.1) is 0 Å². The first-order chi connectivity index (χ1) is 7.98. The fourth-order valence-electron chi connectivity index (χ4n) is 2.64. The van der Waals surface area contributed by atoms with Crippen LogP contribution in [0.15, 0.2) is 0 Å². The summed E-state index contributed by atoms with van der Waals surface area (Å²) in [6.45, 7) is 3.95. The van der Waals surface area contributed by atoms with Crippen molar-refractivity contribution in [1.29, 1.82) is 0 Å². The van der Waals surface area contributed by atoms with Crippen molar-refractivity contribution in [2.24, 2.45) is 0 Å². The molecule has 2 heterocycles. The SMILES string of the molecule is CC1(S(=O)(=O)N2CCCC3(C2)OCCO3)CC1. The summed E-state index contributed by atoms with van der Waals surface area (Å²) in [4.78, 5) is 0. The molecule has 0 atom stereocenters. The van der Waals surface area contributed by atoms with Crippen LogP contribution in [0.1, 0.15) is 32.6 Å². The van der Waals surface area contributed by atoms with Crippen molar-refractivity contribution in [1.82, 2.24) is 4.31 Å². The third-order valence-electron chi connectivity index (χ3n) is 4.11. The van der Waals surface area contributed by atoms with Crippen molar-refractivity contribution in [2.75, 3.05) is 26.3 Å². The van der Waals surface area contributed by atoms with Gasteiger partial charge in [-0.3, -0.25) is 0 Å².